The predicted octanol–water partition coefficient (Wildman–Crippen LogP) is 5.46. The highest BCUT2D eigenvalue weighted by atomic mass is 79.9. The van der Waals surface area contributed by atoms with Crippen molar-refractivity contribution >= 4 is 44.3 Å². The number of hydrogen-bond donors (Lipinski definition) is 0. The van der Waals surface area contributed by atoms with Gasteiger partial charge in [-0.3, -0.25) is 0 Å². The molecule has 2 rings (SSSR count). The lowest BCUT2D eigenvalue weighted by Gasteiger charge is -2.07. The molecule has 0 fully saturated rings. The van der Waals surface area contributed by atoms with Crippen LogP contribution in [0.5, 0.6) is 11.5 Å². The van der Waals surface area contributed by atoms with Crippen LogP contribution in [0.3, 0.4) is 0 Å². The highest BCUT2D eigenvalue weighted by molar-refractivity contribution is 9.10. The van der Waals surface area contributed by atoms with Crippen molar-refractivity contribution in [3.05, 3.63) is 56.5 Å². The fourth-order valence-electron chi connectivity index (χ4n) is 2.01. The summed E-state index contributed by atoms with van der Waals surface area (Å²) in [7, 11) is 0. The van der Waals surface area contributed by atoms with Crippen LogP contribution in [-0.2, 0) is 0 Å². The Labute approximate surface area is 158 Å². The third-order valence-electron chi connectivity index (χ3n) is 3.00. The lowest BCUT2D eigenvalue weighted by molar-refractivity contribution is 0.339. The van der Waals surface area contributed by atoms with Gasteiger partial charge in [-0.15, -0.1) is 0 Å². The number of benzene rings is 2. The van der Waals surface area contributed by atoms with Crippen molar-refractivity contribution in [2.45, 2.75) is 13.8 Å². The number of nitrogens with zero attached hydrogens (tertiary/aromatic N) is 2. The fraction of sp³-hybridized carbons (Fsp3) is 0.222. The Kier molecular flexibility index (Phi) is 7.46. The molecule has 126 valence electrons. The normalized spacial score (nSPS) is 11.3. The van der Waals surface area contributed by atoms with Crippen LogP contribution in [0.2, 0.25) is 0 Å². The van der Waals surface area contributed by atoms with E-state index in [1.807, 2.05) is 50.2 Å². The molecule has 0 saturated carbocycles. The van der Waals surface area contributed by atoms with Gasteiger partial charge in [0.2, 0.25) is 0 Å². The molecule has 24 heavy (non-hydrogen) atoms. The maximum absolute atomic E-state index is 5.58. The van der Waals surface area contributed by atoms with Crippen molar-refractivity contribution < 1.29 is 9.47 Å². The largest absolute Gasteiger partial charge is 0.493 e. The van der Waals surface area contributed by atoms with E-state index in [2.05, 4.69) is 42.1 Å². The molecule has 4 nitrogen and oxygen atoms in total. The van der Waals surface area contributed by atoms with Crippen molar-refractivity contribution in [1.82, 2.24) is 0 Å². The van der Waals surface area contributed by atoms with Crippen molar-refractivity contribution in [3.8, 4) is 11.5 Å². The summed E-state index contributed by atoms with van der Waals surface area (Å²) in [6.45, 7) is 5.09. The predicted molar refractivity (Wildman–Crippen MR) is 106 cm³/mol. The number of hydrogen-bond acceptors (Lipinski definition) is 4. The molecular formula is C18H18Br2N2O2. The van der Waals surface area contributed by atoms with E-state index in [-0.39, 0.29) is 0 Å². The molecule has 0 aromatic heterocycles. The third-order valence-corrected chi connectivity index (χ3v) is 3.99. The third kappa shape index (κ3) is 5.46. The molecule has 0 spiro atoms. The molecule has 2 aromatic carbocycles. The average Bonchev–Trinajstić information content (AvgIpc) is 2.56. The van der Waals surface area contributed by atoms with Crippen LogP contribution in [0.25, 0.3) is 0 Å². The Morgan fingerprint density at radius 2 is 1.21 bits per heavy atom. The van der Waals surface area contributed by atoms with E-state index < -0.39 is 0 Å². The minimum Gasteiger partial charge on any atom is -0.493 e. The van der Waals surface area contributed by atoms with Crippen LogP contribution >= 0.6 is 31.9 Å². The Hall–Kier alpha value is -1.66. The molecule has 0 N–H and O–H groups in total. The zero-order valence-corrected chi connectivity index (χ0v) is 16.7. The lowest BCUT2D eigenvalue weighted by atomic mass is 10.2. The first kappa shape index (κ1) is 18.7. The second-order valence-corrected chi connectivity index (χ2v) is 6.55. The summed E-state index contributed by atoms with van der Waals surface area (Å²) in [4.78, 5) is 0. The monoisotopic (exact) mass is 452 g/mol. The minimum absolute atomic E-state index is 0.599. The summed E-state index contributed by atoms with van der Waals surface area (Å²) in [5, 5.41) is 8.25. The standard InChI is InChI=1S/C18H18Br2N2O2/c1-3-23-17-7-5-15(19)9-13(17)11-21-22-12-14-10-16(20)6-8-18(14)24-4-2/h5-12H,3-4H2,1-2H3. The maximum Gasteiger partial charge on any atom is 0.128 e. The van der Waals surface area contributed by atoms with E-state index in [1.54, 1.807) is 12.4 Å². The van der Waals surface area contributed by atoms with Crippen LogP contribution in [0, 0.1) is 0 Å². The van der Waals surface area contributed by atoms with Gasteiger partial charge in [0, 0.05) is 20.1 Å². The maximum atomic E-state index is 5.58. The van der Waals surface area contributed by atoms with Gasteiger partial charge < -0.3 is 9.47 Å². The van der Waals surface area contributed by atoms with Crippen molar-refractivity contribution in [1.29, 1.82) is 0 Å². The summed E-state index contributed by atoms with van der Waals surface area (Å²) in [6, 6.07) is 11.5. The van der Waals surface area contributed by atoms with Gasteiger partial charge in [-0.25, -0.2) is 0 Å². The fourth-order valence-corrected chi connectivity index (χ4v) is 2.76. The van der Waals surface area contributed by atoms with E-state index in [9.17, 15) is 0 Å². The SMILES string of the molecule is CCOc1ccc(Br)cc1C=NN=Cc1cc(Br)ccc1OCC. The molecule has 0 radical (unpaired) electrons. The summed E-state index contributed by atoms with van der Waals surface area (Å²) in [6.07, 6.45) is 3.34. The van der Waals surface area contributed by atoms with Crippen LogP contribution in [0.1, 0.15) is 25.0 Å². The Morgan fingerprint density at radius 3 is 1.58 bits per heavy atom. The summed E-state index contributed by atoms with van der Waals surface area (Å²) in [5.74, 6) is 1.55. The van der Waals surface area contributed by atoms with E-state index in [4.69, 9.17) is 9.47 Å². The van der Waals surface area contributed by atoms with Gasteiger partial charge in [0.05, 0.1) is 25.6 Å². The van der Waals surface area contributed by atoms with E-state index in [0.717, 1.165) is 31.6 Å². The molecule has 0 amide bonds. The van der Waals surface area contributed by atoms with Gasteiger partial charge in [-0.05, 0) is 50.2 Å². The van der Waals surface area contributed by atoms with E-state index >= 15 is 0 Å². The van der Waals surface area contributed by atoms with E-state index in [1.165, 1.54) is 0 Å². The zero-order chi connectivity index (χ0) is 17.4. The van der Waals surface area contributed by atoms with E-state index in [0.29, 0.717) is 13.2 Å². The molecule has 2 aromatic rings. The lowest BCUT2D eigenvalue weighted by Crippen LogP contribution is -1.96. The number of rotatable bonds is 7. The first-order chi connectivity index (χ1) is 11.6. The van der Waals surface area contributed by atoms with Gasteiger partial charge in [0.25, 0.3) is 0 Å². The van der Waals surface area contributed by atoms with Crippen LogP contribution in [0.4, 0.5) is 0 Å². The summed E-state index contributed by atoms with van der Waals surface area (Å²) < 4.78 is 13.1. The number of halogens is 2. The molecule has 0 atom stereocenters. The Balaban J connectivity index is 2.18. The highest BCUT2D eigenvalue weighted by Crippen LogP contribution is 2.23. The molecule has 0 heterocycles. The van der Waals surface area contributed by atoms with Crippen molar-refractivity contribution in [2.75, 3.05) is 13.2 Å². The molecular weight excluding hydrogens is 436 g/mol. The molecule has 0 unspecified atom stereocenters. The summed E-state index contributed by atoms with van der Waals surface area (Å²) >= 11 is 6.90. The molecule has 0 aliphatic carbocycles. The zero-order valence-electron chi connectivity index (χ0n) is 13.5. The van der Waals surface area contributed by atoms with Gasteiger partial charge in [-0.1, -0.05) is 31.9 Å². The quantitative estimate of drug-likeness (QED) is 0.412. The molecule has 0 saturated heterocycles. The van der Waals surface area contributed by atoms with Crippen LogP contribution < -0.4 is 9.47 Å². The first-order valence-corrected chi connectivity index (χ1v) is 9.13. The Bertz CT molecular complexity index is 682. The highest BCUT2D eigenvalue weighted by Gasteiger charge is 2.03. The second-order valence-electron chi connectivity index (χ2n) is 4.72. The Morgan fingerprint density at radius 1 is 0.792 bits per heavy atom. The van der Waals surface area contributed by atoms with Gasteiger partial charge in [-0.2, -0.15) is 10.2 Å². The van der Waals surface area contributed by atoms with Crippen LogP contribution in [-0.4, -0.2) is 25.6 Å². The summed E-state index contributed by atoms with van der Waals surface area (Å²) in [5.41, 5.74) is 1.73. The first-order valence-electron chi connectivity index (χ1n) is 7.55. The van der Waals surface area contributed by atoms with Crippen molar-refractivity contribution in [2.24, 2.45) is 10.2 Å². The molecule has 6 heteroatoms. The smallest absolute Gasteiger partial charge is 0.128 e. The molecule has 0 bridgehead atoms. The van der Waals surface area contributed by atoms with Gasteiger partial charge >= 0.3 is 0 Å². The average molecular weight is 454 g/mol. The molecule has 0 aliphatic heterocycles. The topological polar surface area (TPSA) is 43.2 Å². The number of ether oxygens (including phenoxy) is 2. The minimum atomic E-state index is 0.599. The van der Waals surface area contributed by atoms with Gasteiger partial charge in [0.1, 0.15) is 11.5 Å². The second kappa shape index (κ2) is 9.59. The van der Waals surface area contributed by atoms with Gasteiger partial charge in [0.15, 0.2) is 0 Å². The van der Waals surface area contributed by atoms with Crippen molar-refractivity contribution in [3.63, 3.8) is 0 Å². The molecule has 0 aliphatic rings. The van der Waals surface area contributed by atoms with Crippen LogP contribution in [0.15, 0.2) is 55.5 Å².